The smallest absolute Gasteiger partial charge is 0.291 e. The predicted molar refractivity (Wildman–Crippen MR) is 57.9 cm³/mol. The van der Waals surface area contributed by atoms with Crippen LogP contribution in [0.2, 0.25) is 5.02 Å². The molecule has 0 spiro atoms. The molecule has 0 aliphatic carbocycles. The molecule has 0 atom stereocenters. The fourth-order valence-electron chi connectivity index (χ4n) is 1.24. The second kappa shape index (κ2) is 3.11. The van der Waals surface area contributed by atoms with Crippen molar-refractivity contribution in [2.45, 2.75) is 0 Å². The van der Waals surface area contributed by atoms with E-state index in [4.69, 9.17) is 17.3 Å². The molecular formula is C8H5ClN2O2S. The van der Waals surface area contributed by atoms with E-state index in [0.29, 0.717) is 10.4 Å². The fourth-order valence-corrected chi connectivity index (χ4v) is 2.46. The summed E-state index contributed by atoms with van der Waals surface area (Å²) in [4.78, 5) is 10.1. The number of hydrogen-bond donors (Lipinski definition) is 1. The maximum Gasteiger partial charge on any atom is 0.291 e. The first kappa shape index (κ1) is 9.23. The molecule has 1 heterocycles. The average molecular weight is 229 g/mol. The van der Waals surface area contributed by atoms with E-state index < -0.39 is 4.92 Å². The molecular weight excluding hydrogens is 224 g/mol. The number of nitro benzene ring substituents is 1. The molecule has 4 nitrogen and oxygen atoms in total. The highest BCUT2D eigenvalue weighted by Crippen LogP contribution is 2.39. The van der Waals surface area contributed by atoms with Crippen molar-refractivity contribution in [3.8, 4) is 0 Å². The molecule has 0 radical (unpaired) electrons. The third kappa shape index (κ3) is 1.21. The quantitative estimate of drug-likeness (QED) is 0.463. The first-order valence-corrected chi connectivity index (χ1v) is 4.96. The Morgan fingerprint density at radius 3 is 2.93 bits per heavy atom. The van der Waals surface area contributed by atoms with Crippen molar-refractivity contribution in [1.82, 2.24) is 0 Å². The van der Waals surface area contributed by atoms with Crippen molar-refractivity contribution in [1.29, 1.82) is 0 Å². The molecule has 0 amide bonds. The van der Waals surface area contributed by atoms with Crippen LogP contribution in [0, 0.1) is 10.1 Å². The van der Waals surface area contributed by atoms with Crippen molar-refractivity contribution in [2.75, 3.05) is 5.73 Å². The summed E-state index contributed by atoms with van der Waals surface area (Å²) >= 11 is 7.21. The number of fused-ring (bicyclic) bond motifs is 1. The van der Waals surface area contributed by atoms with Gasteiger partial charge in [0.25, 0.3) is 5.69 Å². The zero-order valence-electron chi connectivity index (χ0n) is 6.86. The van der Waals surface area contributed by atoms with Gasteiger partial charge >= 0.3 is 0 Å². The van der Waals surface area contributed by atoms with Crippen LogP contribution < -0.4 is 5.73 Å². The van der Waals surface area contributed by atoms with E-state index in [1.165, 1.54) is 17.4 Å². The summed E-state index contributed by atoms with van der Waals surface area (Å²) < 4.78 is 0.665. The van der Waals surface area contributed by atoms with Crippen LogP contribution in [0.15, 0.2) is 17.5 Å². The number of hydrogen-bond acceptors (Lipinski definition) is 4. The van der Waals surface area contributed by atoms with Gasteiger partial charge in [0, 0.05) is 17.1 Å². The number of nitrogens with two attached hydrogens (primary N) is 1. The zero-order chi connectivity index (χ0) is 10.3. The molecule has 2 aromatic rings. The van der Waals surface area contributed by atoms with Crippen molar-refractivity contribution in [3.63, 3.8) is 0 Å². The van der Waals surface area contributed by atoms with E-state index >= 15 is 0 Å². The molecule has 0 saturated heterocycles. The van der Waals surface area contributed by atoms with E-state index in [1.807, 2.05) is 0 Å². The van der Waals surface area contributed by atoms with E-state index in [1.54, 1.807) is 11.4 Å². The van der Waals surface area contributed by atoms with Crippen LogP contribution in [0.4, 0.5) is 11.4 Å². The number of thiophene rings is 1. The first-order chi connectivity index (χ1) is 6.61. The fraction of sp³-hybridized carbons (Fsp3) is 0. The van der Waals surface area contributed by atoms with Gasteiger partial charge in [-0.05, 0) is 11.4 Å². The Balaban J connectivity index is 2.88. The minimum absolute atomic E-state index is 0.140. The maximum atomic E-state index is 10.6. The molecule has 6 heteroatoms. The number of nitro groups is 1. The van der Waals surface area contributed by atoms with Crippen molar-refractivity contribution >= 4 is 44.4 Å². The third-order valence-electron chi connectivity index (χ3n) is 1.89. The zero-order valence-corrected chi connectivity index (χ0v) is 8.43. The summed E-state index contributed by atoms with van der Waals surface area (Å²) in [5.41, 5.74) is 5.90. The summed E-state index contributed by atoms with van der Waals surface area (Å²) in [7, 11) is 0. The van der Waals surface area contributed by atoms with Crippen molar-refractivity contribution in [2.24, 2.45) is 0 Å². The first-order valence-electron chi connectivity index (χ1n) is 3.71. The summed E-state index contributed by atoms with van der Waals surface area (Å²) in [6.45, 7) is 0. The van der Waals surface area contributed by atoms with Crippen LogP contribution in [0.5, 0.6) is 0 Å². The Morgan fingerprint density at radius 1 is 1.57 bits per heavy atom. The van der Waals surface area contributed by atoms with Gasteiger partial charge in [-0.2, -0.15) is 0 Å². The van der Waals surface area contributed by atoms with E-state index in [2.05, 4.69) is 0 Å². The van der Waals surface area contributed by atoms with Gasteiger partial charge in [0.1, 0.15) is 5.02 Å². The normalized spacial score (nSPS) is 10.6. The molecule has 0 unspecified atom stereocenters. The highest BCUT2D eigenvalue weighted by atomic mass is 35.5. The van der Waals surface area contributed by atoms with Crippen LogP contribution in [0.25, 0.3) is 10.1 Å². The standard InChI is InChI=1S/C8H5ClN2O2S/c9-7-6(11(12)13)3-5(10)4-1-2-14-8(4)7/h1-3H,10H2. The minimum Gasteiger partial charge on any atom is -0.398 e. The van der Waals surface area contributed by atoms with E-state index in [0.717, 1.165) is 5.39 Å². The predicted octanol–water partition coefficient (Wildman–Crippen LogP) is 3.05. The monoisotopic (exact) mass is 228 g/mol. The molecule has 0 aliphatic rings. The van der Waals surface area contributed by atoms with Crippen LogP contribution in [-0.2, 0) is 0 Å². The summed E-state index contributed by atoms with van der Waals surface area (Å²) in [6.07, 6.45) is 0. The summed E-state index contributed by atoms with van der Waals surface area (Å²) in [5.74, 6) is 0. The summed E-state index contributed by atoms with van der Waals surface area (Å²) in [6, 6.07) is 3.09. The maximum absolute atomic E-state index is 10.6. The molecule has 0 saturated carbocycles. The lowest BCUT2D eigenvalue weighted by atomic mass is 10.2. The molecule has 0 bridgehead atoms. The number of rotatable bonds is 1. The van der Waals surface area contributed by atoms with Gasteiger partial charge in [-0.3, -0.25) is 10.1 Å². The molecule has 2 N–H and O–H groups in total. The van der Waals surface area contributed by atoms with E-state index in [9.17, 15) is 10.1 Å². The summed E-state index contributed by atoms with van der Waals surface area (Å²) in [5, 5.41) is 13.3. The molecule has 0 aliphatic heterocycles. The van der Waals surface area contributed by atoms with Crippen molar-refractivity contribution in [3.05, 3.63) is 32.6 Å². The van der Waals surface area contributed by atoms with Gasteiger partial charge in [0.2, 0.25) is 0 Å². The second-order valence-electron chi connectivity index (χ2n) is 2.72. The minimum atomic E-state index is -0.530. The third-order valence-corrected chi connectivity index (χ3v) is 3.32. The van der Waals surface area contributed by atoms with E-state index in [-0.39, 0.29) is 10.7 Å². The number of anilines is 1. The van der Waals surface area contributed by atoms with Crippen molar-refractivity contribution < 1.29 is 4.92 Å². The largest absolute Gasteiger partial charge is 0.398 e. The highest BCUT2D eigenvalue weighted by Gasteiger charge is 2.18. The van der Waals surface area contributed by atoms with Crippen LogP contribution in [0.3, 0.4) is 0 Å². The molecule has 72 valence electrons. The number of nitrogens with zero attached hydrogens (tertiary/aromatic N) is 1. The van der Waals surface area contributed by atoms with Crippen LogP contribution >= 0.6 is 22.9 Å². The lowest BCUT2D eigenvalue weighted by Crippen LogP contribution is -1.92. The van der Waals surface area contributed by atoms with Gasteiger partial charge in [0.05, 0.1) is 9.62 Å². The molecule has 1 aromatic carbocycles. The SMILES string of the molecule is Nc1cc([N+](=O)[O-])c(Cl)c2sccc12. The van der Waals surface area contributed by atoms with Gasteiger partial charge in [0.15, 0.2) is 0 Å². The second-order valence-corrected chi connectivity index (χ2v) is 4.01. The number of halogens is 1. The number of benzene rings is 1. The van der Waals surface area contributed by atoms with Crippen LogP contribution in [0.1, 0.15) is 0 Å². The average Bonchev–Trinajstić information content (AvgIpc) is 2.59. The topological polar surface area (TPSA) is 69.2 Å². The molecule has 2 rings (SSSR count). The van der Waals surface area contributed by atoms with Crippen LogP contribution in [-0.4, -0.2) is 4.92 Å². The lowest BCUT2D eigenvalue weighted by molar-refractivity contribution is -0.384. The Hall–Kier alpha value is -1.33. The Morgan fingerprint density at radius 2 is 2.29 bits per heavy atom. The Kier molecular flexibility index (Phi) is 2.05. The Bertz CT molecular complexity index is 523. The molecule has 0 fully saturated rings. The number of nitrogen functional groups attached to an aromatic ring is 1. The molecule has 1 aromatic heterocycles. The molecule has 14 heavy (non-hydrogen) atoms. The van der Waals surface area contributed by atoms with Gasteiger partial charge < -0.3 is 5.73 Å². The van der Waals surface area contributed by atoms with Gasteiger partial charge in [-0.1, -0.05) is 11.6 Å². The lowest BCUT2D eigenvalue weighted by Gasteiger charge is -1.99. The van der Waals surface area contributed by atoms with Gasteiger partial charge in [-0.15, -0.1) is 11.3 Å². The highest BCUT2D eigenvalue weighted by molar-refractivity contribution is 7.18. The van der Waals surface area contributed by atoms with Gasteiger partial charge in [-0.25, -0.2) is 0 Å². The Labute approximate surface area is 88.0 Å².